The highest BCUT2D eigenvalue weighted by molar-refractivity contribution is 5.97. The van der Waals surface area contributed by atoms with E-state index in [1.807, 2.05) is 0 Å². The third-order valence-corrected chi connectivity index (χ3v) is 3.53. The normalized spacial score (nSPS) is 14.0. The Bertz CT molecular complexity index is 761. The Morgan fingerprint density at radius 1 is 1.36 bits per heavy atom. The van der Waals surface area contributed by atoms with Crippen LogP contribution in [0.2, 0.25) is 0 Å². The summed E-state index contributed by atoms with van der Waals surface area (Å²) >= 11 is 0. The minimum Gasteiger partial charge on any atom is -0.478 e. The molecule has 2 aromatic heterocycles. The summed E-state index contributed by atoms with van der Waals surface area (Å²) in [6.45, 7) is 0.298. The van der Waals surface area contributed by atoms with Crippen molar-refractivity contribution in [2.75, 3.05) is 0 Å². The van der Waals surface area contributed by atoms with Crippen LogP contribution in [0.3, 0.4) is 0 Å². The summed E-state index contributed by atoms with van der Waals surface area (Å²) in [6.07, 6.45) is 1.65. The number of alkyl halides is 3. The molecule has 114 valence electrons. The van der Waals surface area contributed by atoms with Gasteiger partial charge in [0, 0.05) is 24.5 Å². The molecule has 0 radical (unpaired) electrons. The molecule has 0 bridgehead atoms. The number of nitrogens with zero attached hydrogens (tertiary/aromatic N) is 2. The van der Waals surface area contributed by atoms with Gasteiger partial charge in [0.1, 0.15) is 0 Å². The summed E-state index contributed by atoms with van der Waals surface area (Å²) in [5.41, 5.74) is -1.64. The van der Waals surface area contributed by atoms with E-state index in [0.29, 0.717) is 13.0 Å². The second-order valence-electron chi connectivity index (χ2n) is 4.87. The van der Waals surface area contributed by atoms with Crippen LogP contribution in [0.4, 0.5) is 13.2 Å². The number of allylic oxidation sites excluding steroid dienone is 1. The first-order valence-corrected chi connectivity index (χ1v) is 6.55. The Labute approximate surface area is 123 Å². The molecule has 7 heteroatoms. The number of hydrogen-bond donors (Lipinski definition) is 1. The van der Waals surface area contributed by atoms with Crippen LogP contribution in [0.25, 0.3) is 17.3 Å². The fourth-order valence-corrected chi connectivity index (χ4v) is 2.74. The van der Waals surface area contributed by atoms with Crippen LogP contribution in [0.15, 0.2) is 30.6 Å². The van der Waals surface area contributed by atoms with Crippen molar-refractivity contribution >= 4 is 12.0 Å². The molecule has 3 heterocycles. The van der Waals surface area contributed by atoms with Crippen molar-refractivity contribution < 1.29 is 23.1 Å². The van der Waals surface area contributed by atoms with Crippen LogP contribution in [0.5, 0.6) is 0 Å². The molecule has 1 aliphatic rings. The van der Waals surface area contributed by atoms with Gasteiger partial charge in [-0.1, -0.05) is 6.08 Å². The van der Waals surface area contributed by atoms with E-state index < -0.39 is 23.3 Å². The molecular weight excluding hydrogens is 297 g/mol. The summed E-state index contributed by atoms with van der Waals surface area (Å²) in [7, 11) is 0. The van der Waals surface area contributed by atoms with Crippen molar-refractivity contribution in [1.29, 1.82) is 0 Å². The molecule has 4 nitrogen and oxygen atoms in total. The number of rotatable bonds is 2. The van der Waals surface area contributed by atoms with Crippen LogP contribution in [0.1, 0.15) is 28.0 Å². The lowest BCUT2D eigenvalue weighted by molar-refractivity contribution is -0.137. The largest absolute Gasteiger partial charge is 0.478 e. The van der Waals surface area contributed by atoms with Crippen molar-refractivity contribution in [2.45, 2.75) is 19.1 Å². The molecule has 1 N–H and O–H groups in total. The van der Waals surface area contributed by atoms with Crippen LogP contribution in [-0.2, 0) is 12.7 Å². The van der Waals surface area contributed by atoms with Gasteiger partial charge in [-0.25, -0.2) is 4.79 Å². The van der Waals surface area contributed by atoms with E-state index >= 15 is 0 Å². The first kappa shape index (κ1) is 14.4. The van der Waals surface area contributed by atoms with Gasteiger partial charge in [-0.2, -0.15) is 13.2 Å². The topological polar surface area (TPSA) is 55.1 Å². The number of fused-ring (bicyclic) bond motifs is 1. The fourth-order valence-electron chi connectivity index (χ4n) is 2.74. The van der Waals surface area contributed by atoms with E-state index in [1.54, 1.807) is 6.08 Å². The van der Waals surface area contributed by atoms with Crippen molar-refractivity contribution in [3.63, 3.8) is 0 Å². The molecule has 0 saturated heterocycles. The lowest BCUT2D eigenvalue weighted by Crippen LogP contribution is -2.12. The molecule has 0 atom stereocenters. The second kappa shape index (κ2) is 5.01. The molecule has 0 unspecified atom stereocenters. The predicted octanol–water partition coefficient (Wildman–Crippen LogP) is 3.68. The number of carboxylic acids is 1. The second-order valence-corrected chi connectivity index (χ2v) is 4.87. The van der Waals surface area contributed by atoms with E-state index in [-0.39, 0.29) is 17.0 Å². The molecule has 0 spiro atoms. The molecular formula is C15H11F3N2O2. The molecule has 0 fully saturated rings. The van der Waals surface area contributed by atoms with Gasteiger partial charge in [0.05, 0.1) is 22.5 Å². The van der Waals surface area contributed by atoms with Gasteiger partial charge in [0.25, 0.3) is 0 Å². The Morgan fingerprint density at radius 2 is 2.14 bits per heavy atom. The lowest BCUT2D eigenvalue weighted by Gasteiger charge is -2.15. The maximum Gasteiger partial charge on any atom is 0.419 e. The van der Waals surface area contributed by atoms with E-state index in [0.717, 1.165) is 0 Å². The third kappa shape index (κ3) is 2.18. The average Bonchev–Trinajstić information content (AvgIpc) is 2.83. The molecule has 0 aromatic carbocycles. The van der Waals surface area contributed by atoms with Crippen LogP contribution >= 0.6 is 0 Å². The Kier molecular flexibility index (Phi) is 3.27. The van der Waals surface area contributed by atoms with Crippen LogP contribution in [-0.4, -0.2) is 20.6 Å². The van der Waals surface area contributed by atoms with Gasteiger partial charge in [-0.05, 0) is 24.6 Å². The van der Waals surface area contributed by atoms with Crippen LogP contribution in [0, 0.1) is 0 Å². The third-order valence-electron chi connectivity index (χ3n) is 3.53. The molecule has 0 amide bonds. The molecule has 0 saturated carbocycles. The van der Waals surface area contributed by atoms with E-state index in [2.05, 4.69) is 4.98 Å². The first-order chi connectivity index (χ1) is 10.4. The van der Waals surface area contributed by atoms with Crippen molar-refractivity contribution in [3.05, 3.63) is 47.4 Å². The Hall–Kier alpha value is -2.57. The highest BCUT2D eigenvalue weighted by atomic mass is 19.4. The summed E-state index contributed by atoms with van der Waals surface area (Å²) in [5, 5.41) is 9.28. The number of pyridine rings is 1. The van der Waals surface area contributed by atoms with Gasteiger partial charge in [0.15, 0.2) is 0 Å². The fraction of sp³-hybridized carbons (Fsp3) is 0.200. The number of carboxylic acid groups (broad SMARTS) is 1. The number of hydrogen-bond acceptors (Lipinski definition) is 2. The van der Waals surface area contributed by atoms with Crippen molar-refractivity contribution in [1.82, 2.24) is 9.55 Å². The maximum absolute atomic E-state index is 13.5. The predicted molar refractivity (Wildman–Crippen MR) is 73.3 cm³/mol. The smallest absolute Gasteiger partial charge is 0.419 e. The SMILES string of the molecule is O=C(O)c1c(C(F)(F)F)c(-c2cccnc2)n2c1C=CCC2. The van der Waals surface area contributed by atoms with Gasteiger partial charge < -0.3 is 9.67 Å². The highest BCUT2D eigenvalue weighted by Gasteiger charge is 2.43. The molecule has 1 aliphatic heterocycles. The zero-order chi connectivity index (χ0) is 15.9. The molecule has 2 aromatic rings. The summed E-state index contributed by atoms with van der Waals surface area (Å²) in [4.78, 5) is 15.3. The van der Waals surface area contributed by atoms with Crippen LogP contribution < -0.4 is 0 Å². The summed E-state index contributed by atoms with van der Waals surface area (Å²) in [6, 6.07) is 3.02. The molecule has 0 aliphatic carbocycles. The number of aromatic carboxylic acids is 1. The Morgan fingerprint density at radius 3 is 2.73 bits per heavy atom. The van der Waals surface area contributed by atoms with Gasteiger partial charge in [0.2, 0.25) is 0 Å². The van der Waals surface area contributed by atoms with Gasteiger partial charge in [-0.15, -0.1) is 0 Å². The quantitative estimate of drug-likeness (QED) is 0.920. The lowest BCUT2D eigenvalue weighted by atomic mass is 10.0. The highest BCUT2D eigenvalue weighted by Crippen LogP contribution is 2.43. The monoisotopic (exact) mass is 308 g/mol. The zero-order valence-corrected chi connectivity index (χ0v) is 11.3. The van der Waals surface area contributed by atoms with E-state index in [1.165, 1.54) is 35.2 Å². The number of halogens is 3. The average molecular weight is 308 g/mol. The summed E-state index contributed by atoms with van der Waals surface area (Å²) in [5.74, 6) is -1.59. The van der Waals surface area contributed by atoms with Gasteiger partial charge in [-0.3, -0.25) is 4.98 Å². The standard InChI is InChI=1S/C15H11F3N2O2/c16-15(17,18)12-11(14(21)22)10-5-1-2-7-20(10)13(12)9-4-3-6-19-8-9/h1,3-6,8H,2,7H2,(H,21,22). The molecule has 3 rings (SSSR count). The van der Waals surface area contributed by atoms with E-state index in [9.17, 15) is 23.1 Å². The number of carbonyl (C=O) groups is 1. The van der Waals surface area contributed by atoms with Gasteiger partial charge >= 0.3 is 12.1 Å². The Balaban J connectivity index is 2.42. The first-order valence-electron chi connectivity index (χ1n) is 6.55. The van der Waals surface area contributed by atoms with Crippen molar-refractivity contribution in [2.24, 2.45) is 0 Å². The maximum atomic E-state index is 13.5. The minimum absolute atomic E-state index is 0.0740. The molecule has 22 heavy (non-hydrogen) atoms. The van der Waals surface area contributed by atoms with Crippen molar-refractivity contribution in [3.8, 4) is 11.3 Å². The summed E-state index contributed by atoms with van der Waals surface area (Å²) < 4.78 is 42.0. The number of aromatic nitrogens is 2. The zero-order valence-electron chi connectivity index (χ0n) is 11.3. The minimum atomic E-state index is -4.77. The van der Waals surface area contributed by atoms with E-state index in [4.69, 9.17) is 0 Å².